The minimum Gasteiger partial charge on any atom is -0.511 e. The van der Waals surface area contributed by atoms with E-state index in [4.69, 9.17) is 14.5 Å². The number of hydrogen-bond donors (Lipinski definition) is 6. The third-order valence-corrected chi connectivity index (χ3v) is 14.9. The summed E-state index contributed by atoms with van der Waals surface area (Å²) in [6.45, 7) is 1.09. The van der Waals surface area contributed by atoms with Crippen LogP contribution in [0.4, 0.5) is 5.82 Å². The van der Waals surface area contributed by atoms with E-state index in [1.165, 1.54) is 33.7 Å². The van der Waals surface area contributed by atoms with Gasteiger partial charge in [0.2, 0.25) is 6.29 Å². The van der Waals surface area contributed by atoms with Gasteiger partial charge < -0.3 is 40.3 Å². The monoisotopic (exact) mass is 718 g/mol. The van der Waals surface area contributed by atoms with E-state index >= 15 is 0 Å². The summed E-state index contributed by atoms with van der Waals surface area (Å²) in [5.41, 5.74) is -0.706. The van der Waals surface area contributed by atoms with Crippen molar-refractivity contribution in [3.63, 3.8) is 0 Å². The molecule has 10 bridgehead atoms. The van der Waals surface area contributed by atoms with Gasteiger partial charge in [0.25, 0.3) is 0 Å². The predicted octanol–water partition coefficient (Wildman–Crippen LogP) is 4.08. The number of carbonyl (C=O) groups excluding carboxylic acids is 2. The van der Waals surface area contributed by atoms with Gasteiger partial charge >= 0.3 is 0 Å². The van der Waals surface area contributed by atoms with Crippen molar-refractivity contribution in [2.45, 2.75) is 80.0 Å². The Labute approximate surface area is 296 Å². The number of rotatable bonds is 1. The van der Waals surface area contributed by atoms with Crippen LogP contribution in [-0.2, 0) is 10.2 Å². The summed E-state index contributed by atoms with van der Waals surface area (Å²) in [5.74, 6) is -1.33. The van der Waals surface area contributed by atoms with Crippen molar-refractivity contribution in [3.8, 4) is 5.75 Å². The lowest BCUT2D eigenvalue weighted by atomic mass is 9.59. The van der Waals surface area contributed by atoms with Crippen LogP contribution < -0.4 is 10.1 Å². The number of nitrogens with one attached hydrogen (secondary N) is 1. The number of allylic oxidation sites excluding steroid dienone is 5. The zero-order chi connectivity index (χ0) is 34.7. The van der Waals surface area contributed by atoms with Gasteiger partial charge in [0.1, 0.15) is 46.7 Å². The second kappa shape index (κ2) is 11.4. The van der Waals surface area contributed by atoms with E-state index in [-0.39, 0.29) is 51.9 Å². The first kappa shape index (κ1) is 32.7. The van der Waals surface area contributed by atoms with Gasteiger partial charge in [0.15, 0.2) is 11.6 Å². The smallest absolute Gasteiger partial charge is 0.229 e. The van der Waals surface area contributed by atoms with Gasteiger partial charge in [0, 0.05) is 34.9 Å². The topological polar surface area (TPSA) is 179 Å². The number of pyridine rings is 1. The van der Waals surface area contributed by atoms with Crippen molar-refractivity contribution in [2.75, 3.05) is 17.7 Å². The van der Waals surface area contributed by atoms with E-state index < -0.39 is 59.3 Å². The summed E-state index contributed by atoms with van der Waals surface area (Å²) in [7, 11) is 2.95. The molecule has 10 atom stereocenters. The molecule has 0 radical (unpaired) electrons. The van der Waals surface area contributed by atoms with Crippen molar-refractivity contribution < 1.29 is 44.6 Å². The maximum Gasteiger partial charge on any atom is 0.229 e. The van der Waals surface area contributed by atoms with Crippen LogP contribution >= 0.6 is 21.6 Å². The largest absolute Gasteiger partial charge is 0.511 e. The van der Waals surface area contributed by atoms with Crippen LogP contribution in [0.15, 0.2) is 60.0 Å². The molecule has 9 aliphatic rings. The molecule has 1 saturated carbocycles. The molecule has 11 nitrogen and oxygen atoms in total. The van der Waals surface area contributed by atoms with Crippen LogP contribution in [0.1, 0.15) is 70.9 Å². The molecule has 5 aliphatic heterocycles. The Bertz CT molecular complexity index is 1930. The number of ketones is 2. The average Bonchev–Trinajstić information content (AvgIpc) is 3.51. The normalized spacial score (nSPS) is 39.9. The van der Waals surface area contributed by atoms with Crippen molar-refractivity contribution in [3.05, 3.63) is 82.3 Å². The van der Waals surface area contributed by atoms with Crippen LogP contribution in [0.3, 0.4) is 0 Å². The van der Waals surface area contributed by atoms with Crippen LogP contribution in [0.25, 0.3) is 5.57 Å². The van der Waals surface area contributed by atoms with E-state index in [0.717, 1.165) is 29.5 Å². The first-order valence-electron chi connectivity index (χ1n) is 17.1. The van der Waals surface area contributed by atoms with Crippen LogP contribution in [-0.4, -0.2) is 90.0 Å². The Morgan fingerprint density at radius 1 is 1.12 bits per heavy atom. The second-order valence-electron chi connectivity index (χ2n) is 14.8. The van der Waals surface area contributed by atoms with Gasteiger partial charge in [-0.25, -0.2) is 4.98 Å². The fourth-order valence-electron chi connectivity index (χ4n) is 9.80. The second-order valence-corrected chi connectivity index (χ2v) is 17.4. The summed E-state index contributed by atoms with van der Waals surface area (Å²) in [5, 5.41) is 61.6. The summed E-state index contributed by atoms with van der Waals surface area (Å²) >= 11 is 0. The maximum absolute atomic E-state index is 14.9. The molecule has 2 fully saturated rings. The zero-order valence-electron chi connectivity index (χ0n) is 27.2. The molecule has 1 aromatic carbocycles. The number of carbonyl (C=O) groups is 2. The lowest BCUT2D eigenvalue weighted by Gasteiger charge is -2.53. The fraction of sp³-hybridized carbons (Fsp3) is 0.486. The van der Waals surface area contributed by atoms with Gasteiger partial charge in [0.05, 0.1) is 23.5 Å². The summed E-state index contributed by atoms with van der Waals surface area (Å²) < 4.78 is 12.2. The fourth-order valence-corrected chi connectivity index (χ4v) is 12.7. The average molecular weight is 719 g/mol. The van der Waals surface area contributed by atoms with Crippen LogP contribution in [0, 0.1) is 17.3 Å². The molecular weight excluding hydrogens is 681 g/mol. The quantitative estimate of drug-likeness (QED) is 0.233. The Morgan fingerprint density at radius 3 is 2.78 bits per heavy atom. The number of aliphatic hydroxyl groups is 5. The number of hydrogen-bond acceptors (Lipinski definition) is 13. The first-order chi connectivity index (χ1) is 24.0. The van der Waals surface area contributed by atoms with E-state index in [2.05, 4.69) is 11.4 Å². The maximum atomic E-state index is 14.9. The molecule has 1 saturated heterocycles. The summed E-state index contributed by atoms with van der Waals surface area (Å²) in [6, 6.07) is 6.58. The Hall–Kier alpha value is -3.17. The molecule has 6 N–H and O–H groups in total. The van der Waals surface area contributed by atoms with Gasteiger partial charge in [-0.05, 0) is 61.4 Å². The Morgan fingerprint density at radius 2 is 1.96 bits per heavy atom. The van der Waals surface area contributed by atoms with Gasteiger partial charge in [-0.15, -0.1) is 0 Å². The number of benzene rings is 1. The van der Waals surface area contributed by atoms with Gasteiger partial charge in [-0.3, -0.25) is 9.59 Å². The molecule has 10 unspecified atom stereocenters. The molecule has 2 spiro atoms. The van der Waals surface area contributed by atoms with E-state index in [9.17, 15) is 35.1 Å². The summed E-state index contributed by atoms with van der Waals surface area (Å²) in [6.07, 6.45) is 3.81. The Kier molecular flexibility index (Phi) is 7.47. The lowest BCUT2D eigenvalue weighted by molar-refractivity contribution is -0.318. The highest BCUT2D eigenvalue weighted by Gasteiger charge is 2.63. The van der Waals surface area contributed by atoms with E-state index in [1.54, 1.807) is 31.3 Å². The lowest BCUT2D eigenvalue weighted by Crippen LogP contribution is -2.70. The first-order valence-corrected chi connectivity index (χ1v) is 19.5. The Balaban J connectivity index is 1.24. The van der Waals surface area contributed by atoms with E-state index in [1.807, 2.05) is 6.07 Å². The molecular formula is C37H38N2O9S2. The molecule has 262 valence electrons. The van der Waals surface area contributed by atoms with E-state index in [0.29, 0.717) is 24.2 Å². The number of aromatic nitrogens is 1. The number of nitrogens with zero attached hydrogens (tertiary/aromatic N) is 1. The number of aliphatic hydroxyl groups excluding tert-OH is 4. The highest BCUT2D eigenvalue weighted by Crippen LogP contribution is 2.60. The van der Waals surface area contributed by atoms with Crippen molar-refractivity contribution in [1.82, 2.24) is 4.98 Å². The third kappa shape index (κ3) is 4.34. The van der Waals surface area contributed by atoms with Crippen molar-refractivity contribution in [2.24, 2.45) is 17.3 Å². The zero-order valence-corrected chi connectivity index (χ0v) is 28.9. The number of anilines is 1. The number of Topliss-reactive ketones (excluding diaryl/α,β-unsaturated/α-hetero) is 2. The van der Waals surface area contributed by atoms with Gasteiger partial charge in [-0.1, -0.05) is 57.9 Å². The minimum atomic E-state index is -2.21. The molecule has 6 heterocycles. The van der Waals surface area contributed by atoms with Gasteiger partial charge in [-0.2, -0.15) is 0 Å². The predicted molar refractivity (Wildman–Crippen MR) is 187 cm³/mol. The molecule has 13 heteroatoms. The molecule has 0 amide bonds. The molecule has 1 aromatic heterocycles. The minimum absolute atomic E-state index is 0.00893. The molecule has 4 aliphatic carbocycles. The SMILES string of the molecule is CC1=CC2C(=O)c3cccc4c3C(=O)C2(CSSC2CC3=CC5CCCC5(CC5(O)C(O)C(CO)OC(O4)C5O)c4ccnc(c43)N2)C(O)=C1. The molecule has 2 aromatic rings. The van der Waals surface area contributed by atoms with Crippen molar-refractivity contribution in [1.29, 1.82) is 0 Å². The molecule has 11 rings (SSSR count). The highest BCUT2D eigenvalue weighted by atomic mass is 33.1. The molecule has 50 heavy (non-hydrogen) atoms. The third-order valence-electron chi connectivity index (χ3n) is 12.2. The van der Waals surface area contributed by atoms with Crippen LogP contribution in [0.2, 0.25) is 0 Å². The highest BCUT2D eigenvalue weighted by molar-refractivity contribution is 8.77. The van der Waals surface area contributed by atoms with Crippen molar-refractivity contribution >= 4 is 44.5 Å². The number of ether oxygens (including phenoxy) is 2. The summed E-state index contributed by atoms with van der Waals surface area (Å²) in [4.78, 5) is 33.8. The van der Waals surface area contributed by atoms with Crippen LogP contribution in [0.5, 0.6) is 5.75 Å². The standard InChI is InChI=1S/C37H38N2O9S2/c1-17-10-22-29(42)20-5-2-6-23-28(20)31(44)36(22,25(41)11-17)16-49-50-26-13-18-12-19-4-3-8-35(19,21-7-9-38-33(39-26)27(18)21)15-37(46)30(43)24(14-40)48-34(47-23)32(37)45/h2,5-7,9-12,19,22,24,26,30,32,34,40-41,43,45-46H,3-4,8,13-16H2,1H3,(H,38,39).